The minimum Gasteiger partial charge on any atom is -0.379 e. The summed E-state index contributed by atoms with van der Waals surface area (Å²) in [6.07, 6.45) is 0. The first kappa shape index (κ1) is 12.7. The first-order chi connectivity index (χ1) is 9.25. The van der Waals surface area contributed by atoms with Gasteiger partial charge in [-0.05, 0) is 12.1 Å². The highest BCUT2D eigenvalue weighted by Gasteiger charge is 2.14. The third-order valence-corrected chi connectivity index (χ3v) is 3.80. The fraction of sp³-hybridized carbons (Fsp3) is 0.462. The van der Waals surface area contributed by atoms with Crippen molar-refractivity contribution in [1.29, 1.82) is 0 Å². The molecule has 0 saturated carbocycles. The number of nitrogens with two attached hydrogens (primary N) is 1. The molecule has 5 nitrogen and oxygen atoms in total. The Kier molecular flexibility index (Phi) is 3.59. The van der Waals surface area contributed by atoms with Crippen molar-refractivity contribution in [1.82, 2.24) is 14.5 Å². The van der Waals surface area contributed by atoms with Gasteiger partial charge in [0.05, 0.1) is 29.3 Å². The Morgan fingerprint density at radius 2 is 2.05 bits per heavy atom. The largest absolute Gasteiger partial charge is 0.379 e. The Balaban J connectivity index is 1.81. The van der Waals surface area contributed by atoms with E-state index in [2.05, 4.69) is 9.88 Å². The minimum atomic E-state index is 0.524. The molecule has 3 rings (SSSR count). The van der Waals surface area contributed by atoms with Crippen LogP contribution in [0, 0.1) is 0 Å². The van der Waals surface area contributed by atoms with Crippen LogP contribution in [0.4, 0.5) is 5.95 Å². The number of anilines is 1. The first-order valence-electron chi connectivity index (χ1n) is 6.46. The number of imidazole rings is 1. The fourth-order valence-electron chi connectivity index (χ4n) is 2.45. The van der Waals surface area contributed by atoms with Crippen molar-refractivity contribution < 1.29 is 4.74 Å². The van der Waals surface area contributed by atoms with Crippen molar-refractivity contribution in [3.63, 3.8) is 0 Å². The molecule has 0 radical (unpaired) electrons. The summed E-state index contributed by atoms with van der Waals surface area (Å²) in [6, 6.07) is 5.70. The molecule has 0 aliphatic carbocycles. The van der Waals surface area contributed by atoms with Crippen molar-refractivity contribution in [3.05, 3.63) is 23.2 Å². The normalized spacial score (nSPS) is 17.1. The molecule has 102 valence electrons. The van der Waals surface area contributed by atoms with Gasteiger partial charge >= 0.3 is 0 Å². The molecule has 0 amide bonds. The number of nitrogens with zero attached hydrogens (tertiary/aromatic N) is 3. The average molecular weight is 281 g/mol. The van der Waals surface area contributed by atoms with Crippen LogP contribution in [0.3, 0.4) is 0 Å². The van der Waals surface area contributed by atoms with Crippen molar-refractivity contribution in [2.24, 2.45) is 0 Å². The van der Waals surface area contributed by atoms with E-state index in [1.807, 2.05) is 22.8 Å². The molecule has 6 heteroatoms. The molecule has 1 fully saturated rings. The summed E-state index contributed by atoms with van der Waals surface area (Å²) in [5.41, 5.74) is 7.77. The van der Waals surface area contributed by atoms with Crippen LogP contribution in [0.1, 0.15) is 0 Å². The molecule has 1 aliphatic rings. The number of nitrogen functional groups attached to an aromatic ring is 1. The zero-order valence-corrected chi connectivity index (χ0v) is 11.4. The van der Waals surface area contributed by atoms with E-state index in [9.17, 15) is 0 Å². The number of halogens is 1. The quantitative estimate of drug-likeness (QED) is 0.928. The van der Waals surface area contributed by atoms with E-state index in [0.29, 0.717) is 11.0 Å². The Hall–Kier alpha value is -1.30. The van der Waals surface area contributed by atoms with Gasteiger partial charge in [-0.15, -0.1) is 0 Å². The van der Waals surface area contributed by atoms with E-state index in [1.165, 1.54) is 0 Å². The van der Waals surface area contributed by atoms with Crippen LogP contribution in [0.2, 0.25) is 5.02 Å². The zero-order chi connectivity index (χ0) is 13.2. The van der Waals surface area contributed by atoms with Gasteiger partial charge in [0.1, 0.15) is 0 Å². The second kappa shape index (κ2) is 5.36. The van der Waals surface area contributed by atoms with Crippen LogP contribution < -0.4 is 5.73 Å². The zero-order valence-electron chi connectivity index (χ0n) is 10.7. The van der Waals surface area contributed by atoms with Gasteiger partial charge < -0.3 is 15.0 Å². The number of fused-ring (bicyclic) bond motifs is 1. The van der Waals surface area contributed by atoms with Gasteiger partial charge in [0, 0.05) is 26.2 Å². The number of aromatic nitrogens is 2. The number of morpholine rings is 1. The molecule has 1 aromatic heterocycles. The fourth-order valence-corrected chi connectivity index (χ4v) is 2.72. The molecule has 2 aromatic rings. The number of rotatable bonds is 3. The van der Waals surface area contributed by atoms with Crippen LogP contribution in [0.15, 0.2) is 18.2 Å². The van der Waals surface area contributed by atoms with E-state index >= 15 is 0 Å². The van der Waals surface area contributed by atoms with Crippen molar-refractivity contribution in [2.45, 2.75) is 6.54 Å². The van der Waals surface area contributed by atoms with E-state index in [4.69, 9.17) is 22.1 Å². The van der Waals surface area contributed by atoms with Crippen molar-refractivity contribution >= 4 is 28.6 Å². The predicted molar refractivity (Wildman–Crippen MR) is 76.4 cm³/mol. The molecule has 0 spiro atoms. The maximum atomic E-state index is 6.25. The molecule has 2 heterocycles. The van der Waals surface area contributed by atoms with Crippen LogP contribution in [-0.2, 0) is 11.3 Å². The lowest BCUT2D eigenvalue weighted by Crippen LogP contribution is -2.38. The summed E-state index contributed by atoms with van der Waals surface area (Å²) in [6.45, 7) is 5.29. The molecular formula is C13H17ClN4O. The van der Waals surface area contributed by atoms with Gasteiger partial charge in [-0.25, -0.2) is 4.98 Å². The number of hydrogen-bond donors (Lipinski definition) is 1. The van der Waals surface area contributed by atoms with Crippen LogP contribution in [0.25, 0.3) is 11.0 Å². The second-order valence-corrected chi connectivity index (χ2v) is 5.09. The highest BCUT2D eigenvalue weighted by atomic mass is 35.5. The molecule has 0 bridgehead atoms. The lowest BCUT2D eigenvalue weighted by Gasteiger charge is -2.26. The molecule has 0 atom stereocenters. The number of hydrogen-bond acceptors (Lipinski definition) is 4. The monoisotopic (exact) mass is 280 g/mol. The third-order valence-electron chi connectivity index (χ3n) is 3.49. The Labute approximate surface area is 116 Å². The molecule has 0 unspecified atom stereocenters. The smallest absolute Gasteiger partial charge is 0.201 e. The Morgan fingerprint density at radius 3 is 2.84 bits per heavy atom. The molecule has 1 aliphatic heterocycles. The van der Waals surface area contributed by atoms with Gasteiger partial charge in [-0.3, -0.25) is 4.90 Å². The Bertz CT molecular complexity index is 577. The van der Waals surface area contributed by atoms with Gasteiger partial charge in [0.2, 0.25) is 5.95 Å². The van der Waals surface area contributed by atoms with Crippen molar-refractivity contribution in [2.75, 3.05) is 38.6 Å². The second-order valence-electron chi connectivity index (χ2n) is 4.68. The topological polar surface area (TPSA) is 56.3 Å². The molecule has 1 aromatic carbocycles. The van der Waals surface area contributed by atoms with Crippen LogP contribution in [-0.4, -0.2) is 47.3 Å². The molecular weight excluding hydrogens is 264 g/mol. The summed E-state index contributed by atoms with van der Waals surface area (Å²) in [7, 11) is 0. The number of benzene rings is 1. The predicted octanol–water partition coefficient (Wildman–Crippen LogP) is 1.60. The average Bonchev–Trinajstić information content (AvgIpc) is 2.75. The first-order valence-corrected chi connectivity index (χ1v) is 6.84. The van der Waals surface area contributed by atoms with E-state index in [1.54, 1.807) is 0 Å². The summed E-state index contributed by atoms with van der Waals surface area (Å²) >= 11 is 6.25. The van der Waals surface area contributed by atoms with Gasteiger partial charge in [0.25, 0.3) is 0 Å². The van der Waals surface area contributed by atoms with Gasteiger partial charge in [-0.1, -0.05) is 17.7 Å². The molecule has 2 N–H and O–H groups in total. The SMILES string of the molecule is Nc1nc2cccc(Cl)c2n1CCN1CCOCC1. The molecule has 19 heavy (non-hydrogen) atoms. The van der Waals surface area contributed by atoms with Gasteiger partial charge in [0.15, 0.2) is 0 Å². The van der Waals surface area contributed by atoms with Crippen LogP contribution >= 0.6 is 11.6 Å². The third kappa shape index (κ3) is 2.54. The van der Waals surface area contributed by atoms with E-state index in [0.717, 1.165) is 50.4 Å². The Morgan fingerprint density at radius 1 is 1.26 bits per heavy atom. The highest BCUT2D eigenvalue weighted by Crippen LogP contribution is 2.25. The number of ether oxygens (including phenoxy) is 1. The highest BCUT2D eigenvalue weighted by molar-refractivity contribution is 6.35. The van der Waals surface area contributed by atoms with Crippen LogP contribution in [0.5, 0.6) is 0 Å². The van der Waals surface area contributed by atoms with E-state index in [-0.39, 0.29) is 0 Å². The van der Waals surface area contributed by atoms with E-state index < -0.39 is 0 Å². The molecule has 1 saturated heterocycles. The maximum Gasteiger partial charge on any atom is 0.201 e. The maximum absolute atomic E-state index is 6.25. The number of para-hydroxylation sites is 1. The summed E-state index contributed by atoms with van der Waals surface area (Å²) < 4.78 is 7.34. The lowest BCUT2D eigenvalue weighted by atomic mass is 10.3. The van der Waals surface area contributed by atoms with Gasteiger partial charge in [-0.2, -0.15) is 0 Å². The summed E-state index contributed by atoms with van der Waals surface area (Å²) in [5, 5.41) is 0.698. The summed E-state index contributed by atoms with van der Waals surface area (Å²) in [5.74, 6) is 0.524. The summed E-state index contributed by atoms with van der Waals surface area (Å²) in [4.78, 5) is 6.72. The standard InChI is InChI=1S/C13H17ClN4O/c14-10-2-1-3-11-12(10)18(13(15)16-11)5-4-17-6-8-19-9-7-17/h1-3H,4-9H2,(H2,15,16). The minimum absolute atomic E-state index is 0.524. The lowest BCUT2D eigenvalue weighted by molar-refractivity contribution is 0.0366. The van der Waals surface area contributed by atoms with Crippen molar-refractivity contribution in [3.8, 4) is 0 Å².